The van der Waals surface area contributed by atoms with Gasteiger partial charge in [-0.15, -0.1) is 0 Å². The predicted octanol–water partition coefficient (Wildman–Crippen LogP) is 4.54. The van der Waals surface area contributed by atoms with Gasteiger partial charge in [0.2, 0.25) is 5.91 Å². The van der Waals surface area contributed by atoms with Crippen molar-refractivity contribution in [3.63, 3.8) is 0 Å². The fraction of sp³-hybridized carbons (Fsp3) is 0.650. The summed E-state index contributed by atoms with van der Waals surface area (Å²) in [6.07, 6.45) is 7.90. The van der Waals surface area contributed by atoms with Crippen molar-refractivity contribution in [3.8, 4) is 0 Å². The minimum absolute atomic E-state index is 0.0501. The Bertz CT molecular complexity index is 804. The van der Waals surface area contributed by atoms with E-state index < -0.39 is 9.84 Å². The first kappa shape index (κ1) is 18.5. The molecule has 4 saturated carbocycles. The third-order valence-corrected chi connectivity index (χ3v) is 9.20. The van der Waals surface area contributed by atoms with Crippen LogP contribution >= 0.6 is 15.9 Å². The molecule has 1 aromatic carbocycles. The van der Waals surface area contributed by atoms with Crippen LogP contribution in [0.2, 0.25) is 0 Å². The third-order valence-electron chi connectivity index (χ3n) is 6.52. The topological polar surface area (TPSA) is 63.2 Å². The molecule has 4 aliphatic carbocycles. The molecule has 0 heterocycles. The van der Waals surface area contributed by atoms with E-state index in [9.17, 15) is 13.2 Å². The SMILES string of the molecule is CCS(=O)(=O)c1ccc(NC(=O)CC23CC4CC(CC(Br)(C4)C2)C3)cc1. The lowest BCUT2D eigenvalue weighted by Crippen LogP contribution is -2.53. The molecular weight excluding hydrogens is 414 g/mol. The number of alkyl halides is 1. The lowest BCUT2D eigenvalue weighted by Gasteiger charge is -2.60. The Kier molecular flexibility index (Phi) is 4.50. The van der Waals surface area contributed by atoms with Crippen molar-refractivity contribution in [2.45, 2.75) is 61.1 Å². The minimum Gasteiger partial charge on any atom is -0.326 e. The van der Waals surface area contributed by atoms with Crippen molar-refractivity contribution in [2.75, 3.05) is 11.1 Å². The summed E-state index contributed by atoms with van der Waals surface area (Å²) in [5, 5.41) is 2.98. The second-order valence-electron chi connectivity index (χ2n) is 8.76. The molecule has 0 saturated heterocycles. The highest BCUT2D eigenvalue weighted by molar-refractivity contribution is 9.10. The summed E-state index contributed by atoms with van der Waals surface area (Å²) < 4.78 is 24.0. The zero-order valence-corrected chi connectivity index (χ0v) is 17.5. The van der Waals surface area contributed by atoms with E-state index in [4.69, 9.17) is 0 Å². The molecular formula is C20H26BrNO3S. The average Bonchev–Trinajstić information content (AvgIpc) is 2.52. The molecule has 0 aliphatic heterocycles. The van der Waals surface area contributed by atoms with Crippen LogP contribution in [0.15, 0.2) is 29.2 Å². The summed E-state index contributed by atoms with van der Waals surface area (Å²) >= 11 is 3.99. The number of carbonyl (C=O) groups excluding carboxylic acids is 1. The highest BCUT2D eigenvalue weighted by Crippen LogP contribution is 2.65. The van der Waals surface area contributed by atoms with Gasteiger partial charge >= 0.3 is 0 Å². The largest absolute Gasteiger partial charge is 0.326 e. The molecule has 0 aromatic heterocycles. The number of sulfone groups is 1. The van der Waals surface area contributed by atoms with Gasteiger partial charge in [0.1, 0.15) is 0 Å². The monoisotopic (exact) mass is 439 g/mol. The van der Waals surface area contributed by atoms with Crippen LogP contribution < -0.4 is 5.32 Å². The summed E-state index contributed by atoms with van der Waals surface area (Å²) in [7, 11) is -3.20. The first-order valence-corrected chi connectivity index (χ1v) is 12.0. The number of anilines is 1. The highest BCUT2D eigenvalue weighted by Gasteiger charge is 2.57. The van der Waals surface area contributed by atoms with Gasteiger partial charge < -0.3 is 5.32 Å². The maximum absolute atomic E-state index is 12.7. The molecule has 4 bridgehead atoms. The number of amides is 1. The predicted molar refractivity (Wildman–Crippen MR) is 106 cm³/mol. The molecule has 26 heavy (non-hydrogen) atoms. The average molecular weight is 440 g/mol. The van der Waals surface area contributed by atoms with Gasteiger partial charge in [-0.1, -0.05) is 22.9 Å². The van der Waals surface area contributed by atoms with E-state index >= 15 is 0 Å². The molecule has 4 aliphatic rings. The van der Waals surface area contributed by atoms with Crippen molar-refractivity contribution in [3.05, 3.63) is 24.3 Å². The maximum Gasteiger partial charge on any atom is 0.224 e. The number of hydrogen-bond donors (Lipinski definition) is 1. The fourth-order valence-electron chi connectivity index (χ4n) is 6.00. The molecule has 2 atom stereocenters. The van der Waals surface area contributed by atoms with E-state index in [-0.39, 0.29) is 21.4 Å². The Morgan fingerprint density at radius 1 is 1.15 bits per heavy atom. The van der Waals surface area contributed by atoms with Crippen LogP contribution in [0.3, 0.4) is 0 Å². The van der Waals surface area contributed by atoms with Crippen LogP contribution in [-0.4, -0.2) is 24.4 Å². The number of halogens is 1. The van der Waals surface area contributed by atoms with E-state index in [1.807, 2.05) is 0 Å². The van der Waals surface area contributed by atoms with Gasteiger partial charge in [0, 0.05) is 16.4 Å². The summed E-state index contributed by atoms with van der Waals surface area (Å²) in [6.45, 7) is 1.63. The number of benzene rings is 1. The van der Waals surface area contributed by atoms with Crippen LogP contribution in [0, 0.1) is 17.3 Å². The lowest BCUT2D eigenvalue weighted by molar-refractivity contribution is -0.123. The number of hydrogen-bond acceptors (Lipinski definition) is 3. The van der Waals surface area contributed by atoms with Crippen LogP contribution in [-0.2, 0) is 14.6 Å². The molecule has 6 heteroatoms. The molecule has 5 rings (SSSR count). The van der Waals surface area contributed by atoms with Gasteiger partial charge in [0.15, 0.2) is 9.84 Å². The van der Waals surface area contributed by atoms with Gasteiger partial charge in [-0.25, -0.2) is 8.42 Å². The summed E-state index contributed by atoms with van der Waals surface area (Å²) in [6, 6.07) is 6.53. The van der Waals surface area contributed by atoms with E-state index in [2.05, 4.69) is 21.2 Å². The zero-order valence-electron chi connectivity index (χ0n) is 15.1. The van der Waals surface area contributed by atoms with E-state index in [1.54, 1.807) is 31.2 Å². The first-order chi connectivity index (χ1) is 12.2. The number of nitrogens with one attached hydrogen (secondary N) is 1. The van der Waals surface area contributed by atoms with Gasteiger partial charge in [-0.05, 0) is 80.0 Å². The Morgan fingerprint density at radius 3 is 2.31 bits per heavy atom. The van der Waals surface area contributed by atoms with Gasteiger partial charge in [0.25, 0.3) is 0 Å². The van der Waals surface area contributed by atoms with Crippen LogP contribution in [0.25, 0.3) is 0 Å². The third kappa shape index (κ3) is 3.47. The fourth-order valence-corrected chi connectivity index (χ4v) is 8.40. The van der Waals surface area contributed by atoms with Gasteiger partial charge in [-0.3, -0.25) is 4.79 Å². The molecule has 4 fully saturated rings. The van der Waals surface area contributed by atoms with Gasteiger partial charge in [-0.2, -0.15) is 0 Å². The standard InChI is InChI=1S/C20H26BrNO3S/c1-2-26(24,25)17-5-3-16(4-6-17)22-18(23)12-19-8-14-7-15(9-19)11-20(21,10-14)13-19/h3-6,14-15H,2,7-13H2,1H3,(H,22,23). The molecule has 0 radical (unpaired) electrons. The second kappa shape index (κ2) is 6.33. The lowest BCUT2D eigenvalue weighted by atomic mass is 9.48. The summed E-state index contributed by atoms with van der Waals surface area (Å²) in [5.41, 5.74) is 0.812. The van der Waals surface area contributed by atoms with Crippen molar-refractivity contribution < 1.29 is 13.2 Å². The smallest absolute Gasteiger partial charge is 0.224 e. The highest BCUT2D eigenvalue weighted by atomic mass is 79.9. The molecule has 1 amide bonds. The molecule has 1 N–H and O–H groups in total. The maximum atomic E-state index is 12.7. The molecule has 1 aromatic rings. The van der Waals surface area contributed by atoms with Crippen molar-refractivity contribution in [1.82, 2.24) is 0 Å². The summed E-state index contributed by atoms with van der Waals surface area (Å²) in [4.78, 5) is 13.0. The first-order valence-electron chi connectivity index (χ1n) is 9.53. The van der Waals surface area contributed by atoms with Crippen molar-refractivity contribution in [1.29, 1.82) is 0 Å². The Labute approximate surface area is 164 Å². The second-order valence-corrected chi connectivity index (χ2v) is 12.7. The van der Waals surface area contributed by atoms with E-state index in [1.165, 1.54) is 32.1 Å². The van der Waals surface area contributed by atoms with Crippen molar-refractivity contribution >= 4 is 37.4 Å². The van der Waals surface area contributed by atoms with Crippen LogP contribution in [0.4, 0.5) is 5.69 Å². The van der Waals surface area contributed by atoms with Crippen molar-refractivity contribution in [2.24, 2.45) is 17.3 Å². The van der Waals surface area contributed by atoms with Gasteiger partial charge in [0.05, 0.1) is 10.6 Å². The zero-order chi connectivity index (χ0) is 18.6. The van der Waals surface area contributed by atoms with E-state index in [0.29, 0.717) is 17.0 Å². The quantitative estimate of drug-likeness (QED) is 0.684. The molecule has 0 spiro atoms. The van der Waals surface area contributed by atoms with E-state index in [0.717, 1.165) is 18.3 Å². The Balaban J connectivity index is 1.43. The normalized spacial score (nSPS) is 35.5. The Hall–Kier alpha value is -0.880. The van der Waals surface area contributed by atoms with Crippen LogP contribution in [0.5, 0.6) is 0 Å². The molecule has 142 valence electrons. The number of carbonyl (C=O) groups is 1. The Morgan fingerprint density at radius 2 is 1.77 bits per heavy atom. The summed E-state index contributed by atoms with van der Waals surface area (Å²) in [5.74, 6) is 1.66. The van der Waals surface area contributed by atoms with Crippen LogP contribution in [0.1, 0.15) is 51.9 Å². The molecule has 2 unspecified atom stereocenters. The molecule has 4 nitrogen and oxygen atoms in total. The minimum atomic E-state index is -3.20. The number of rotatable bonds is 5.